The molecule has 0 saturated carbocycles. The van der Waals surface area contributed by atoms with E-state index in [1.807, 2.05) is 30.3 Å². The third-order valence-electron chi connectivity index (χ3n) is 3.54. The molecule has 0 atom stereocenters. The summed E-state index contributed by atoms with van der Waals surface area (Å²) in [4.78, 5) is 8.61. The SMILES string of the molecule is C=CN=C(C=C)CSc1nc(NC)c(C#N)c(-c2ccccc2)c1C#N. The smallest absolute Gasteiger partial charge is 0.145 e. The molecule has 26 heavy (non-hydrogen) atoms. The molecule has 0 saturated heterocycles. The monoisotopic (exact) mass is 359 g/mol. The number of thioether (sulfide) groups is 1. The molecule has 0 aliphatic heterocycles. The summed E-state index contributed by atoms with van der Waals surface area (Å²) < 4.78 is 0. The van der Waals surface area contributed by atoms with E-state index in [1.54, 1.807) is 13.1 Å². The number of anilines is 1. The molecule has 1 N–H and O–H groups in total. The largest absolute Gasteiger partial charge is 0.372 e. The summed E-state index contributed by atoms with van der Waals surface area (Å²) in [5, 5.41) is 22.9. The highest BCUT2D eigenvalue weighted by molar-refractivity contribution is 8.00. The van der Waals surface area contributed by atoms with E-state index in [1.165, 1.54) is 18.0 Å². The van der Waals surface area contributed by atoms with Crippen molar-refractivity contribution in [2.75, 3.05) is 18.1 Å². The van der Waals surface area contributed by atoms with Crippen molar-refractivity contribution in [1.29, 1.82) is 10.5 Å². The Labute approximate surface area is 157 Å². The van der Waals surface area contributed by atoms with Gasteiger partial charge in [0.05, 0.1) is 11.3 Å². The topological polar surface area (TPSA) is 84.9 Å². The van der Waals surface area contributed by atoms with Gasteiger partial charge in [-0.1, -0.05) is 55.3 Å². The maximum absolute atomic E-state index is 9.77. The number of hydrogen-bond acceptors (Lipinski definition) is 6. The number of allylic oxidation sites excluding steroid dienone is 1. The van der Waals surface area contributed by atoms with Crippen molar-refractivity contribution < 1.29 is 0 Å². The van der Waals surface area contributed by atoms with E-state index in [4.69, 9.17) is 0 Å². The van der Waals surface area contributed by atoms with Crippen LogP contribution in [0.15, 0.2) is 65.8 Å². The summed E-state index contributed by atoms with van der Waals surface area (Å²) in [6, 6.07) is 13.8. The lowest BCUT2D eigenvalue weighted by atomic mass is 9.97. The second kappa shape index (κ2) is 9.22. The van der Waals surface area contributed by atoms with Gasteiger partial charge in [0.1, 0.15) is 28.5 Å². The molecule has 0 fully saturated rings. The third kappa shape index (κ3) is 4.00. The molecule has 0 amide bonds. The number of nitriles is 2. The van der Waals surface area contributed by atoms with E-state index < -0.39 is 0 Å². The van der Waals surface area contributed by atoms with Gasteiger partial charge >= 0.3 is 0 Å². The van der Waals surface area contributed by atoms with Crippen LogP contribution in [0.2, 0.25) is 0 Å². The minimum Gasteiger partial charge on any atom is -0.372 e. The average Bonchev–Trinajstić information content (AvgIpc) is 2.70. The van der Waals surface area contributed by atoms with Crippen molar-refractivity contribution in [3.05, 3.63) is 66.9 Å². The molecular formula is C20H17N5S. The Morgan fingerprint density at radius 1 is 1.23 bits per heavy atom. The summed E-state index contributed by atoms with van der Waals surface area (Å²) in [5.41, 5.74) is 2.83. The number of rotatable bonds is 7. The van der Waals surface area contributed by atoms with Crippen LogP contribution in [-0.2, 0) is 0 Å². The zero-order valence-electron chi connectivity index (χ0n) is 14.4. The van der Waals surface area contributed by atoms with Crippen LogP contribution < -0.4 is 5.32 Å². The Morgan fingerprint density at radius 3 is 2.46 bits per heavy atom. The van der Waals surface area contributed by atoms with Crippen molar-refractivity contribution in [2.45, 2.75) is 5.03 Å². The van der Waals surface area contributed by atoms with Gasteiger partial charge in [-0.25, -0.2) is 4.98 Å². The van der Waals surface area contributed by atoms with E-state index in [0.717, 1.165) is 11.3 Å². The molecular weight excluding hydrogens is 342 g/mol. The fourth-order valence-corrected chi connectivity index (χ4v) is 3.29. The predicted molar refractivity (Wildman–Crippen MR) is 107 cm³/mol. The predicted octanol–water partition coefficient (Wildman–Crippen LogP) is 4.40. The van der Waals surface area contributed by atoms with Crippen LogP contribution >= 0.6 is 11.8 Å². The zero-order valence-corrected chi connectivity index (χ0v) is 15.2. The van der Waals surface area contributed by atoms with Gasteiger partial charge in [-0.15, -0.1) is 0 Å². The van der Waals surface area contributed by atoms with Gasteiger partial charge in [-0.3, -0.25) is 4.99 Å². The first-order chi connectivity index (χ1) is 12.7. The van der Waals surface area contributed by atoms with Gasteiger partial charge < -0.3 is 5.32 Å². The van der Waals surface area contributed by atoms with Crippen LogP contribution in [0.5, 0.6) is 0 Å². The molecule has 6 heteroatoms. The van der Waals surface area contributed by atoms with Crippen molar-refractivity contribution in [1.82, 2.24) is 4.98 Å². The lowest BCUT2D eigenvalue weighted by Crippen LogP contribution is -2.05. The molecule has 0 bridgehead atoms. The van der Waals surface area contributed by atoms with E-state index in [0.29, 0.717) is 33.3 Å². The normalized spacial score (nSPS) is 10.5. The molecule has 1 aromatic heterocycles. The standard InChI is InChI=1S/C20H17N5S/c1-4-15(24-5-2)13-26-20-17(12-22)18(14-9-7-6-8-10-14)16(11-21)19(23-3)25-20/h4-10H,1-2,13H2,3H3,(H,23,25). The molecule has 0 unspecified atom stereocenters. The molecule has 128 valence electrons. The number of hydrogen-bond donors (Lipinski definition) is 1. The summed E-state index contributed by atoms with van der Waals surface area (Å²) in [6.07, 6.45) is 3.09. The van der Waals surface area contributed by atoms with Gasteiger partial charge in [-0.05, 0) is 11.6 Å². The van der Waals surface area contributed by atoms with E-state index in [-0.39, 0.29) is 0 Å². The molecule has 2 aromatic rings. The highest BCUT2D eigenvalue weighted by atomic mass is 32.2. The number of pyridine rings is 1. The van der Waals surface area contributed by atoms with Gasteiger partial charge in [-0.2, -0.15) is 10.5 Å². The first-order valence-corrected chi connectivity index (χ1v) is 8.72. The summed E-state index contributed by atoms with van der Waals surface area (Å²) in [5.74, 6) is 0.925. The maximum Gasteiger partial charge on any atom is 0.145 e. The number of benzene rings is 1. The number of nitrogens with one attached hydrogen (secondary N) is 1. The molecule has 2 rings (SSSR count). The van der Waals surface area contributed by atoms with Gasteiger partial charge in [0.2, 0.25) is 0 Å². The first-order valence-electron chi connectivity index (χ1n) is 7.74. The van der Waals surface area contributed by atoms with Crippen molar-refractivity contribution >= 4 is 23.3 Å². The Kier molecular flexibility index (Phi) is 6.73. The molecule has 0 aliphatic carbocycles. The van der Waals surface area contributed by atoms with Gasteiger partial charge in [0.15, 0.2) is 0 Å². The third-order valence-corrected chi connectivity index (χ3v) is 4.55. The molecule has 0 spiro atoms. The second-order valence-corrected chi connectivity index (χ2v) is 5.99. The Bertz CT molecular complexity index is 933. The highest BCUT2D eigenvalue weighted by Gasteiger charge is 2.21. The van der Waals surface area contributed by atoms with Crippen molar-refractivity contribution in [2.24, 2.45) is 4.99 Å². The van der Waals surface area contributed by atoms with E-state index in [2.05, 4.69) is 40.6 Å². The number of nitrogens with zero attached hydrogens (tertiary/aromatic N) is 4. The molecule has 5 nitrogen and oxygen atoms in total. The molecule has 0 radical (unpaired) electrons. The van der Waals surface area contributed by atoms with E-state index in [9.17, 15) is 10.5 Å². The van der Waals surface area contributed by atoms with E-state index >= 15 is 0 Å². The minimum atomic E-state index is 0.350. The Hall–Kier alpha value is -3.35. The van der Waals surface area contributed by atoms with Gasteiger partial charge in [0.25, 0.3) is 0 Å². The number of aromatic nitrogens is 1. The van der Waals surface area contributed by atoms with Crippen LogP contribution in [0.3, 0.4) is 0 Å². The Morgan fingerprint density at radius 2 is 1.92 bits per heavy atom. The second-order valence-electron chi connectivity index (χ2n) is 5.03. The fraction of sp³-hybridized carbons (Fsp3) is 0.100. The fourth-order valence-electron chi connectivity index (χ4n) is 2.36. The summed E-state index contributed by atoms with van der Waals surface area (Å²) >= 11 is 1.37. The molecule has 0 aliphatic rings. The average molecular weight is 359 g/mol. The lowest BCUT2D eigenvalue weighted by Gasteiger charge is -2.14. The van der Waals surface area contributed by atoms with Crippen LogP contribution in [0.4, 0.5) is 5.82 Å². The minimum absolute atomic E-state index is 0.350. The number of aliphatic imine (C=N–C) groups is 1. The quantitative estimate of drug-likeness (QED) is 0.585. The Balaban J connectivity index is 2.65. The zero-order chi connectivity index (χ0) is 18.9. The summed E-state index contributed by atoms with van der Waals surface area (Å²) in [7, 11) is 1.70. The van der Waals surface area contributed by atoms with Crippen LogP contribution in [0.25, 0.3) is 11.1 Å². The lowest BCUT2D eigenvalue weighted by molar-refractivity contribution is 1.10. The first kappa shape index (κ1) is 19.0. The molecule has 1 heterocycles. The molecule has 1 aromatic carbocycles. The van der Waals surface area contributed by atoms with Crippen molar-refractivity contribution in [3.63, 3.8) is 0 Å². The maximum atomic E-state index is 9.77. The van der Waals surface area contributed by atoms with Gasteiger partial charge in [0, 0.05) is 24.6 Å². The summed E-state index contributed by atoms with van der Waals surface area (Å²) in [6.45, 7) is 7.31. The van der Waals surface area contributed by atoms with Crippen LogP contribution in [0, 0.1) is 22.7 Å². The van der Waals surface area contributed by atoms with Crippen LogP contribution in [0.1, 0.15) is 11.1 Å². The van der Waals surface area contributed by atoms with Crippen LogP contribution in [-0.4, -0.2) is 23.5 Å². The highest BCUT2D eigenvalue weighted by Crippen LogP contribution is 2.36. The van der Waals surface area contributed by atoms with Crippen molar-refractivity contribution in [3.8, 4) is 23.3 Å².